The maximum atomic E-state index is 11.9. The number of aromatic hydroxyl groups is 1. The first-order valence-corrected chi connectivity index (χ1v) is 20.5. The summed E-state index contributed by atoms with van der Waals surface area (Å²) in [6, 6.07) is 4.22. The second-order valence-corrected chi connectivity index (χ2v) is 15.1. The van der Waals surface area contributed by atoms with Gasteiger partial charge in [0.05, 0.1) is 36.6 Å². The van der Waals surface area contributed by atoms with Crippen molar-refractivity contribution in [3.63, 3.8) is 0 Å². The molecule has 0 bridgehead atoms. The van der Waals surface area contributed by atoms with Crippen molar-refractivity contribution in [2.24, 2.45) is 0 Å². The van der Waals surface area contributed by atoms with E-state index in [1.807, 2.05) is 6.07 Å². The lowest BCUT2D eigenvalue weighted by atomic mass is 9.84. The molecule has 0 amide bonds. The first-order valence-electron chi connectivity index (χ1n) is 20.5. The summed E-state index contributed by atoms with van der Waals surface area (Å²) in [5.41, 5.74) is 3.58. The van der Waals surface area contributed by atoms with Gasteiger partial charge < -0.3 is 19.3 Å². The van der Waals surface area contributed by atoms with Crippen molar-refractivity contribution in [3.05, 3.63) is 28.8 Å². The Kier molecular flexibility index (Phi) is 17.9. The van der Waals surface area contributed by atoms with E-state index in [4.69, 9.17) is 14.2 Å². The van der Waals surface area contributed by atoms with Crippen LogP contribution in [0.5, 0.6) is 5.75 Å². The maximum absolute atomic E-state index is 11.9. The van der Waals surface area contributed by atoms with Crippen molar-refractivity contribution < 1.29 is 19.3 Å². The van der Waals surface area contributed by atoms with Gasteiger partial charge in [0.2, 0.25) is 0 Å². The summed E-state index contributed by atoms with van der Waals surface area (Å²) < 4.78 is 21.6. The third-order valence-electron chi connectivity index (χ3n) is 11.2. The highest BCUT2D eigenvalue weighted by molar-refractivity contribution is 5.48. The fourth-order valence-electron chi connectivity index (χ4n) is 8.52. The zero-order chi connectivity index (χ0) is 32.4. The van der Waals surface area contributed by atoms with E-state index < -0.39 is 0 Å². The Hall–Kier alpha value is -1.10. The minimum Gasteiger partial charge on any atom is -0.508 e. The third kappa shape index (κ3) is 12.1. The van der Waals surface area contributed by atoms with E-state index in [-0.39, 0.29) is 24.4 Å². The Morgan fingerprint density at radius 1 is 0.500 bits per heavy atom. The van der Waals surface area contributed by atoms with Crippen LogP contribution in [0.3, 0.4) is 0 Å². The molecule has 3 fully saturated rings. The Morgan fingerprint density at radius 2 is 0.870 bits per heavy atom. The van der Waals surface area contributed by atoms with Crippen LogP contribution in [0, 0.1) is 0 Å². The zero-order valence-corrected chi connectivity index (χ0v) is 30.4. The first kappa shape index (κ1) is 37.7. The number of ether oxygens (including phenoxy) is 3. The SMILES string of the molecule is CCCCCC(OC1CCCCC1)c1ccc(O)c(C(CCCCC)OC2CCCCC2)c1C(CCCCC)OC1CCCCC1. The Labute approximate surface area is 284 Å². The number of phenolic OH excluding ortho intramolecular Hbond substituents is 1. The predicted molar refractivity (Wildman–Crippen MR) is 193 cm³/mol. The van der Waals surface area contributed by atoms with Gasteiger partial charge in [-0.25, -0.2) is 0 Å². The summed E-state index contributed by atoms with van der Waals surface area (Å²) in [5, 5.41) is 11.9. The highest BCUT2D eigenvalue weighted by Gasteiger charge is 2.34. The summed E-state index contributed by atoms with van der Waals surface area (Å²) >= 11 is 0. The fourth-order valence-corrected chi connectivity index (χ4v) is 8.52. The fraction of sp³-hybridized carbons (Fsp3) is 0.857. The van der Waals surface area contributed by atoms with Gasteiger partial charge >= 0.3 is 0 Å². The van der Waals surface area contributed by atoms with Crippen molar-refractivity contribution in [1.29, 1.82) is 0 Å². The second kappa shape index (κ2) is 21.8. The molecule has 0 heterocycles. The van der Waals surface area contributed by atoms with Crippen LogP contribution < -0.4 is 0 Å². The van der Waals surface area contributed by atoms with Gasteiger partial charge in [0.25, 0.3) is 0 Å². The monoisotopic (exact) mass is 641 g/mol. The van der Waals surface area contributed by atoms with Crippen LogP contribution >= 0.6 is 0 Å². The molecule has 3 aliphatic carbocycles. The summed E-state index contributed by atoms with van der Waals surface area (Å²) in [5.74, 6) is 0.411. The highest BCUT2D eigenvalue weighted by Crippen LogP contribution is 2.47. The molecule has 0 aromatic heterocycles. The van der Waals surface area contributed by atoms with Crippen molar-refractivity contribution in [3.8, 4) is 5.75 Å². The molecule has 0 spiro atoms. The summed E-state index contributed by atoms with van der Waals surface area (Å²) in [7, 11) is 0. The molecule has 4 nitrogen and oxygen atoms in total. The van der Waals surface area contributed by atoms with Crippen LogP contribution in [0.2, 0.25) is 0 Å². The van der Waals surface area contributed by atoms with Gasteiger partial charge in [-0.3, -0.25) is 0 Å². The number of benzene rings is 1. The van der Waals surface area contributed by atoms with Gasteiger partial charge in [0, 0.05) is 5.56 Å². The minimum absolute atomic E-state index is 0.0287. The predicted octanol–water partition coefficient (Wildman–Crippen LogP) is 13.3. The molecular weight excluding hydrogens is 568 g/mol. The quantitative estimate of drug-likeness (QED) is 0.136. The number of hydrogen-bond acceptors (Lipinski definition) is 4. The highest BCUT2D eigenvalue weighted by atomic mass is 16.5. The largest absolute Gasteiger partial charge is 0.508 e. The molecule has 1 aromatic carbocycles. The van der Waals surface area contributed by atoms with Gasteiger partial charge in [-0.1, -0.05) is 142 Å². The standard InChI is InChI=1S/C42H72O4/c1-4-7-13-28-38(44-33-22-16-10-17-23-33)36-31-32-37(43)42(40(30-15-9-6-3)46-35-26-20-12-21-27-35)41(36)39(29-14-8-5-2)45-34-24-18-11-19-25-34/h31-35,38-40,43H,4-30H2,1-3H3. The van der Waals surface area contributed by atoms with Crippen LogP contribution in [-0.2, 0) is 14.2 Å². The van der Waals surface area contributed by atoms with Crippen molar-refractivity contribution >= 4 is 0 Å². The number of hydrogen-bond donors (Lipinski definition) is 1. The van der Waals surface area contributed by atoms with Crippen LogP contribution in [0.25, 0.3) is 0 Å². The molecule has 3 unspecified atom stereocenters. The maximum Gasteiger partial charge on any atom is 0.121 e. The van der Waals surface area contributed by atoms with Crippen molar-refractivity contribution in [1.82, 2.24) is 0 Å². The van der Waals surface area contributed by atoms with Gasteiger partial charge in [0.15, 0.2) is 0 Å². The van der Waals surface area contributed by atoms with E-state index in [9.17, 15) is 5.11 Å². The molecule has 1 aromatic rings. The van der Waals surface area contributed by atoms with Crippen LogP contribution in [-0.4, -0.2) is 23.4 Å². The van der Waals surface area contributed by atoms with E-state index >= 15 is 0 Å². The smallest absolute Gasteiger partial charge is 0.121 e. The lowest BCUT2D eigenvalue weighted by Crippen LogP contribution is -2.26. The van der Waals surface area contributed by atoms with E-state index in [0.29, 0.717) is 18.0 Å². The van der Waals surface area contributed by atoms with Crippen LogP contribution in [0.4, 0.5) is 0 Å². The lowest BCUT2D eigenvalue weighted by molar-refractivity contribution is -0.0556. The number of rotatable bonds is 21. The topological polar surface area (TPSA) is 47.9 Å². The second-order valence-electron chi connectivity index (χ2n) is 15.1. The molecule has 264 valence electrons. The minimum atomic E-state index is -0.0980. The molecule has 0 radical (unpaired) electrons. The summed E-state index contributed by atoms with van der Waals surface area (Å²) in [6.07, 6.45) is 33.0. The van der Waals surface area contributed by atoms with E-state index in [1.165, 1.54) is 127 Å². The summed E-state index contributed by atoms with van der Waals surface area (Å²) in [4.78, 5) is 0. The van der Waals surface area contributed by atoms with E-state index in [1.54, 1.807) is 0 Å². The normalized spacial score (nSPS) is 20.9. The molecule has 4 heteroatoms. The number of unbranched alkanes of at least 4 members (excludes halogenated alkanes) is 6. The molecule has 3 saturated carbocycles. The zero-order valence-electron chi connectivity index (χ0n) is 30.4. The van der Waals surface area contributed by atoms with Gasteiger partial charge in [-0.05, 0) is 75.0 Å². The molecule has 0 saturated heterocycles. The Bertz CT molecular complexity index is 928. The molecule has 1 N–H and O–H groups in total. The summed E-state index contributed by atoms with van der Waals surface area (Å²) in [6.45, 7) is 6.88. The molecular formula is C42H72O4. The van der Waals surface area contributed by atoms with Crippen molar-refractivity contribution in [2.45, 2.75) is 231 Å². The average molecular weight is 641 g/mol. The van der Waals surface area contributed by atoms with E-state index in [0.717, 1.165) is 63.4 Å². The molecule has 3 atom stereocenters. The first-order chi connectivity index (χ1) is 22.6. The van der Waals surface area contributed by atoms with E-state index in [2.05, 4.69) is 26.8 Å². The Balaban J connectivity index is 1.81. The van der Waals surface area contributed by atoms with Gasteiger partial charge in [-0.2, -0.15) is 0 Å². The molecule has 3 aliphatic rings. The average Bonchev–Trinajstić information content (AvgIpc) is 3.08. The molecule has 4 rings (SSSR count). The molecule has 0 aliphatic heterocycles. The molecule has 46 heavy (non-hydrogen) atoms. The lowest BCUT2D eigenvalue weighted by Gasteiger charge is -2.36. The van der Waals surface area contributed by atoms with Gasteiger partial charge in [-0.15, -0.1) is 0 Å². The van der Waals surface area contributed by atoms with Gasteiger partial charge in [0.1, 0.15) is 5.75 Å². The Morgan fingerprint density at radius 3 is 1.28 bits per heavy atom. The van der Waals surface area contributed by atoms with Crippen LogP contribution in [0.1, 0.15) is 229 Å². The van der Waals surface area contributed by atoms with Crippen LogP contribution in [0.15, 0.2) is 12.1 Å². The third-order valence-corrected chi connectivity index (χ3v) is 11.2. The van der Waals surface area contributed by atoms with Crippen molar-refractivity contribution in [2.75, 3.05) is 0 Å². The number of phenols is 1.